The average molecular weight is 543 g/mol. The van der Waals surface area contributed by atoms with Crippen molar-refractivity contribution < 1.29 is 14.5 Å². The van der Waals surface area contributed by atoms with Gasteiger partial charge >= 0.3 is 0 Å². The van der Waals surface area contributed by atoms with Gasteiger partial charge in [0, 0.05) is 14.9 Å². The number of carbonyl (C=O) groups is 1. The van der Waals surface area contributed by atoms with Gasteiger partial charge in [-0.05, 0) is 36.2 Å². The van der Waals surface area contributed by atoms with Crippen LogP contribution in [0, 0.1) is 10.1 Å². The van der Waals surface area contributed by atoms with E-state index in [4.69, 9.17) is 4.74 Å². The molecule has 0 unspecified atom stereocenters. The number of hydrogen-bond donors (Lipinski definition) is 1. The largest absolute Gasteiger partial charge is 0.496 e. The molecule has 2 aromatic heterocycles. The van der Waals surface area contributed by atoms with E-state index < -0.39 is 10.8 Å². The number of nitrogens with one attached hydrogen (secondary N) is 1. The van der Waals surface area contributed by atoms with E-state index in [-0.39, 0.29) is 23.5 Å². The molecule has 4 aromatic rings. The number of hydrogen-bond acceptors (Lipinski definition) is 7. The molecule has 4 rings (SSSR count). The van der Waals surface area contributed by atoms with E-state index in [2.05, 4.69) is 26.2 Å². The zero-order valence-electron chi connectivity index (χ0n) is 18.2. The van der Waals surface area contributed by atoms with Crippen LogP contribution in [0.15, 0.2) is 58.1 Å². The molecule has 0 bridgehead atoms. The fourth-order valence-corrected chi connectivity index (χ4v) is 4.95. The number of amides is 1. The fourth-order valence-electron chi connectivity index (χ4n) is 3.60. The average Bonchev–Trinajstić information content (AvgIpc) is 3.21. The third kappa shape index (κ3) is 4.57. The van der Waals surface area contributed by atoms with Crippen molar-refractivity contribution in [2.24, 2.45) is 0 Å². The Morgan fingerprint density at radius 2 is 2.00 bits per heavy atom. The Bertz CT molecular complexity index is 1460. The number of aryl methyl sites for hydroxylation is 1. The van der Waals surface area contributed by atoms with E-state index in [1.54, 1.807) is 0 Å². The van der Waals surface area contributed by atoms with Gasteiger partial charge in [-0.1, -0.05) is 35.0 Å². The molecule has 0 saturated carbocycles. The molecule has 9 nitrogen and oxygen atoms in total. The van der Waals surface area contributed by atoms with Gasteiger partial charge < -0.3 is 10.1 Å². The van der Waals surface area contributed by atoms with Crippen molar-refractivity contribution in [2.45, 2.75) is 19.9 Å². The Morgan fingerprint density at radius 3 is 2.65 bits per heavy atom. The summed E-state index contributed by atoms with van der Waals surface area (Å²) in [5, 5.41) is 14.3. The summed E-state index contributed by atoms with van der Waals surface area (Å²) < 4.78 is 7.14. The van der Waals surface area contributed by atoms with Crippen molar-refractivity contribution >= 4 is 54.8 Å². The molecule has 0 spiro atoms. The van der Waals surface area contributed by atoms with Crippen LogP contribution in [0.1, 0.15) is 11.8 Å². The molecule has 1 N–H and O–H groups in total. The van der Waals surface area contributed by atoms with Crippen LogP contribution >= 0.6 is 27.3 Å². The van der Waals surface area contributed by atoms with E-state index in [9.17, 15) is 19.7 Å². The number of nitro benzene ring substituents is 1. The first-order valence-corrected chi connectivity index (χ1v) is 11.8. The summed E-state index contributed by atoms with van der Waals surface area (Å²) in [5.41, 5.74) is 1.06. The normalized spacial score (nSPS) is 10.9. The number of ether oxygens (including phenoxy) is 1. The Kier molecular flexibility index (Phi) is 6.75. The van der Waals surface area contributed by atoms with Crippen molar-refractivity contribution in [3.05, 3.63) is 78.6 Å². The lowest BCUT2D eigenvalue weighted by Gasteiger charge is -2.09. The van der Waals surface area contributed by atoms with Crippen LogP contribution in [-0.4, -0.2) is 27.5 Å². The SMILES string of the molecule is CCc1sc2ncn(CC(=O)Nc3ccc(OC)cc3[N+](=O)[O-])c(=O)c2c1-c1ccc(Br)cc1. The number of methoxy groups -OCH3 is 1. The molecule has 2 aromatic carbocycles. The second kappa shape index (κ2) is 9.74. The minimum Gasteiger partial charge on any atom is -0.496 e. The van der Waals surface area contributed by atoms with Crippen molar-refractivity contribution in [2.75, 3.05) is 12.4 Å². The lowest BCUT2D eigenvalue weighted by molar-refractivity contribution is -0.384. The van der Waals surface area contributed by atoms with Crippen LogP contribution in [0.2, 0.25) is 0 Å². The zero-order chi connectivity index (χ0) is 24.4. The zero-order valence-corrected chi connectivity index (χ0v) is 20.6. The predicted octanol–water partition coefficient (Wildman–Crippen LogP) is 5.01. The summed E-state index contributed by atoms with van der Waals surface area (Å²) in [6.45, 7) is 1.67. The number of benzene rings is 2. The number of thiophene rings is 1. The molecule has 0 aliphatic heterocycles. The quantitative estimate of drug-likeness (QED) is 0.259. The minimum atomic E-state index is -0.611. The number of rotatable bonds is 7. The van der Waals surface area contributed by atoms with E-state index in [1.165, 1.54) is 47.5 Å². The number of anilines is 1. The minimum absolute atomic E-state index is 0.0113. The topological polar surface area (TPSA) is 116 Å². The van der Waals surface area contributed by atoms with Crippen LogP contribution < -0.4 is 15.6 Å². The maximum absolute atomic E-state index is 13.4. The molecular formula is C23H19BrN4O5S. The number of nitrogens with zero attached hydrogens (tertiary/aromatic N) is 3. The molecule has 0 saturated heterocycles. The third-order valence-corrected chi connectivity index (χ3v) is 6.97. The highest BCUT2D eigenvalue weighted by Gasteiger charge is 2.21. The first kappa shape index (κ1) is 23.6. The van der Waals surface area contributed by atoms with E-state index in [0.717, 1.165) is 26.9 Å². The van der Waals surface area contributed by atoms with Gasteiger partial charge in [0.25, 0.3) is 11.2 Å². The third-order valence-electron chi connectivity index (χ3n) is 5.20. The molecule has 2 heterocycles. The Labute approximate surface area is 206 Å². The van der Waals surface area contributed by atoms with Crippen molar-refractivity contribution in [1.29, 1.82) is 0 Å². The van der Waals surface area contributed by atoms with Crippen molar-refractivity contribution in [3.8, 4) is 16.9 Å². The first-order valence-electron chi connectivity index (χ1n) is 10.2. The maximum Gasteiger partial charge on any atom is 0.296 e. The standard InChI is InChI=1S/C23H19BrN4O5S/c1-3-18-20(13-4-6-14(24)7-5-13)21-22(34-18)25-12-27(23(21)30)11-19(29)26-16-9-8-15(33-2)10-17(16)28(31)32/h4-10,12H,3,11H2,1-2H3,(H,26,29). The van der Waals surface area contributed by atoms with Crippen LogP contribution in [-0.2, 0) is 17.8 Å². The molecule has 0 radical (unpaired) electrons. The monoisotopic (exact) mass is 542 g/mol. The summed E-state index contributed by atoms with van der Waals surface area (Å²) in [7, 11) is 1.39. The second-order valence-electron chi connectivity index (χ2n) is 7.31. The van der Waals surface area contributed by atoms with Gasteiger partial charge in [-0.25, -0.2) is 4.98 Å². The summed E-state index contributed by atoms with van der Waals surface area (Å²) in [4.78, 5) is 42.9. The lowest BCUT2D eigenvalue weighted by atomic mass is 10.0. The van der Waals surface area contributed by atoms with Gasteiger partial charge in [-0.3, -0.25) is 24.3 Å². The molecular weight excluding hydrogens is 524 g/mol. The Hall–Kier alpha value is -3.57. The number of fused-ring (bicyclic) bond motifs is 1. The van der Waals surface area contributed by atoms with E-state index in [0.29, 0.717) is 16.0 Å². The molecule has 0 fully saturated rings. The van der Waals surface area contributed by atoms with E-state index in [1.807, 2.05) is 31.2 Å². The molecule has 34 heavy (non-hydrogen) atoms. The van der Waals surface area contributed by atoms with Gasteiger partial charge in [0.15, 0.2) is 0 Å². The number of aromatic nitrogens is 2. The summed E-state index contributed by atoms with van der Waals surface area (Å²) in [5.74, 6) is -0.298. The maximum atomic E-state index is 13.4. The number of carbonyl (C=O) groups excluding carboxylic acids is 1. The first-order chi connectivity index (χ1) is 16.3. The van der Waals surface area contributed by atoms with Crippen LogP contribution in [0.4, 0.5) is 11.4 Å². The highest BCUT2D eigenvalue weighted by atomic mass is 79.9. The van der Waals surface area contributed by atoms with E-state index >= 15 is 0 Å². The van der Waals surface area contributed by atoms with Crippen LogP contribution in [0.3, 0.4) is 0 Å². The lowest BCUT2D eigenvalue weighted by Crippen LogP contribution is -2.28. The van der Waals surface area contributed by atoms with Gasteiger partial charge in [-0.2, -0.15) is 0 Å². The molecule has 0 aliphatic carbocycles. The van der Waals surface area contributed by atoms with Crippen LogP contribution in [0.5, 0.6) is 5.75 Å². The van der Waals surface area contributed by atoms with Gasteiger partial charge in [0.2, 0.25) is 5.91 Å². The van der Waals surface area contributed by atoms with Gasteiger partial charge in [0.05, 0.1) is 29.8 Å². The fraction of sp³-hybridized carbons (Fsp3) is 0.174. The highest BCUT2D eigenvalue weighted by molar-refractivity contribution is 9.10. The summed E-state index contributed by atoms with van der Waals surface area (Å²) in [6, 6.07) is 11.8. The Morgan fingerprint density at radius 1 is 1.26 bits per heavy atom. The van der Waals surface area contributed by atoms with Crippen molar-refractivity contribution in [1.82, 2.24) is 9.55 Å². The molecule has 174 valence electrons. The molecule has 11 heteroatoms. The molecule has 0 atom stereocenters. The summed E-state index contributed by atoms with van der Waals surface area (Å²) >= 11 is 4.88. The smallest absolute Gasteiger partial charge is 0.296 e. The summed E-state index contributed by atoms with van der Waals surface area (Å²) in [6.07, 6.45) is 2.06. The Balaban J connectivity index is 1.70. The predicted molar refractivity (Wildman–Crippen MR) is 135 cm³/mol. The highest BCUT2D eigenvalue weighted by Crippen LogP contribution is 2.37. The van der Waals surface area contributed by atoms with Crippen molar-refractivity contribution in [3.63, 3.8) is 0 Å². The van der Waals surface area contributed by atoms with Crippen LogP contribution in [0.25, 0.3) is 21.3 Å². The number of nitro groups is 1. The number of halogens is 1. The van der Waals surface area contributed by atoms with Gasteiger partial charge in [-0.15, -0.1) is 11.3 Å². The second-order valence-corrected chi connectivity index (χ2v) is 9.31. The molecule has 1 amide bonds. The van der Waals surface area contributed by atoms with Gasteiger partial charge in [0.1, 0.15) is 22.8 Å². The molecule has 0 aliphatic rings.